The van der Waals surface area contributed by atoms with Gasteiger partial charge in [0.2, 0.25) is 5.91 Å². The number of benzene rings is 1. The molecule has 0 spiro atoms. The van der Waals surface area contributed by atoms with Gasteiger partial charge in [0.1, 0.15) is 17.9 Å². The van der Waals surface area contributed by atoms with Crippen molar-refractivity contribution in [2.24, 2.45) is 0 Å². The predicted molar refractivity (Wildman–Crippen MR) is 115 cm³/mol. The molecule has 0 aliphatic carbocycles. The average molecular weight is 458 g/mol. The van der Waals surface area contributed by atoms with E-state index in [2.05, 4.69) is 15.0 Å². The van der Waals surface area contributed by atoms with E-state index in [4.69, 9.17) is 0 Å². The predicted octanol–water partition coefficient (Wildman–Crippen LogP) is 1.84. The number of amides is 2. The third kappa shape index (κ3) is 4.83. The Balaban J connectivity index is 1.80. The largest absolute Gasteiger partial charge is 0.463 e. The molecule has 1 aliphatic heterocycles. The van der Waals surface area contributed by atoms with E-state index in [9.17, 15) is 24.5 Å². The van der Waals surface area contributed by atoms with Crippen LogP contribution in [0, 0.1) is 10.1 Å². The lowest BCUT2D eigenvalue weighted by atomic mass is 10.1. The topological polar surface area (TPSA) is 141 Å². The minimum atomic E-state index is -0.837. The summed E-state index contributed by atoms with van der Waals surface area (Å²) >= 11 is 0. The number of carbonyl (C=O) groups excluding carboxylic acids is 3. The van der Waals surface area contributed by atoms with Crippen molar-refractivity contribution in [3.8, 4) is 0 Å². The van der Waals surface area contributed by atoms with Crippen LogP contribution in [-0.4, -0.2) is 61.1 Å². The Morgan fingerprint density at radius 1 is 1.36 bits per heavy atom. The van der Waals surface area contributed by atoms with E-state index in [1.807, 2.05) is 6.92 Å². The second kappa shape index (κ2) is 9.76. The first-order valence-electron chi connectivity index (χ1n) is 10.6. The first kappa shape index (κ1) is 23.8. The number of rotatable bonds is 11. The highest BCUT2D eigenvalue weighted by Gasteiger charge is 2.55. The van der Waals surface area contributed by atoms with Gasteiger partial charge in [0.25, 0.3) is 18.1 Å². The van der Waals surface area contributed by atoms with E-state index < -0.39 is 22.2 Å². The van der Waals surface area contributed by atoms with Gasteiger partial charge in [0.15, 0.2) is 5.66 Å². The smallest absolute Gasteiger partial charge is 0.293 e. The number of nitro groups is 1. The molecule has 1 aromatic carbocycles. The Labute approximate surface area is 190 Å². The summed E-state index contributed by atoms with van der Waals surface area (Å²) in [7, 11) is 0. The summed E-state index contributed by atoms with van der Waals surface area (Å²) in [6.07, 6.45) is 2.89. The number of nitro benzene ring substituents is 1. The lowest BCUT2D eigenvalue weighted by molar-refractivity contribution is -0.386. The Bertz CT molecular complexity index is 1070. The SMILES string of the molecule is CCCN(Cc1cn(C2(C)CN2C(=O)c2cccc(COC=O)c2[N+](=O)[O-])nn1)C(=O)CC. The molecule has 3 rings (SSSR count). The molecule has 176 valence electrons. The molecule has 1 atom stereocenters. The average Bonchev–Trinajstić information content (AvgIpc) is 3.27. The highest BCUT2D eigenvalue weighted by molar-refractivity contribution is 6.00. The van der Waals surface area contributed by atoms with Crippen molar-refractivity contribution in [2.45, 2.75) is 52.4 Å². The van der Waals surface area contributed by atoms with Crippen LogP contribution in [0.15, 0.2) is 24.4 Å². The monoisotopic (exact) mass is 458 g/mol. The van der Waals surface area contributed by atoms with Crippen LogP contribution in [0.5, 0.6) is 0 Å². The van der Waals surface area contributed by atoms with Gasteiger partial charge in [-0.05, 0) is 25.5 Å². The first-order chi connectivity index (χ1) is 15.8. The van der Waals surface area contributed by atoms with Crippen molar-refractivity contribution >= 4 is 24.0 Å². The Morgan fingerprint density at radius 3 is 2.76 bits per heavy atom. The second-order valence-corrected chi connectivity index (χ2v) is 7.91. The van der Waals surface area contributed by atoms with Gasteiger partial charge in [-0.25, -0.2) is 4.68 Å². The van der Waals surface area contributed by atoms with Crippen molar-refractivity contribution in [2.75, 3.05) is 13.1 Å². The van der Waals surface area contributed by atoms with Gasteiger partial charge in [-0.1, -0.05) is 25.1 Å². The molecule has 33 heavy (non-hydrogen) atoms. The molecule has 1 fully saturated rings. The van der Waals surface area contributed by atoms with Crippen LogP contribution in [0.25, 0.3) is 0 Å². The molecule has 2 heterocycles. The summed E-state index contributed by atoms with van der Waals surface area (Å²) in [5, 5.41) is 19.9. The Kier molecular flexibility index (Phi) is 7.04. The first-order valence-corrected chi connectivity index (χ1v) is 10.6. The second-order valence-electron chi connectivity index (χ2n) is 7.91. The van der Waals surface area contributed by atoms with Crippen LogP contribution in [-0.2, 0) is 33.1 Å². The van der Waals surface area contributed by atoms with E-state index in [0.29, 0.717) is 25.2 Å². The van der Waals surface area contributed by atoms with E-state index in [1.165, 1.54) is 27.8 Å². The van der Waals surface area contributed by atoms with E-state index in [0.717, 1.165) is 6.42 Å². The van der Waals surface area contributed by atoms with Gasteiger partial charge in [-0.3, -0.25) is 24.5 Å². The molecule has 0 saturated carbocycles. The quantitative estimate of drug-likeness (QED) is 0.215. The summed E-state index contributed by atoms with van der Waals surface area (Å²) in [6.45, 7) is 6.65. The van der Waals surface area contributed by atoms with Crippen LogP contribution in [0.2, 0.25) is 0 Å². The maximum absolute atomic E-state index is 13.1. The molecule has 1 saturated heterocycles. The number of hydrogen-bond acceptors (Lipinski definition) is 8. The minimum Gasteiger partial charge on any atom is -0.463 e. The highest BCUT2D eigenvalue weighted by Crippen LogP contribution is 2.39. The fraction of sp³-hybridized carbons (Fsp3) is 0.476. The zero-order chi connectivity index (χ0) is 24.2. The van der Waals surface area contributed by atoms with Crippen molar-refractivity contribution in [3.63, 3.8) is 0 Å². The van der Waals surface area contributed by atoms with Crippen LogP contribution < -0.4 is 0 Å². The zero-order valence-electron chi connectivity index (χ0n) is 18.8. The van der Waals surface area contributed by atoms with Gasteiger partial charge in [-0.15, -0.1) is 5.10 Å². The van der Waals surface area contributed by atoms with E-state index in [1.54, 1.807) is 24.9 Å². The molecular weight excluding hydrogens is 432 g/mol. The van der Waals surface area contributed by atoms with Crippen LogP contribution >= 0.6 is 0 Å². The molecule has 2 amide bonds. The Hall–Kier alpha value is -3.83. The van der Waals surface area contributed by atoms with Crippen molar-refractivity contribution in [1.29, 1.82) is 0 Å². The normalized spacial score (nSPS) is 16.9. The maximum atomic E-state index is 13.1. The summed E-state index contributed by atoms with van der Waals surface area (Å²) in [4.78, 5) is 49.9. The van der Waals surface area contributed by atoms with Gasteiger partial charge in [0, 0.05) is 13.0 Å². The van der Waals surface area contributed by atoms with Gasteiger partial charge < -0.3 is 14.5 Å². The molecule has 0 bridgehead atoms. The van der Waals surface area contributed by atoms with Gasteiger partial charge >= 0.3 is 0 Å². The lowest BCUT2D eigenvalue weighted by Gasteiger charge is -2.20. The maximum Gasteiger partial charge on any atom is 0.293 e. The van der Waals surface area contributed by atoms with Crippen molar-refractivity contribution in [1.82, 2.24) is 24.8 Å². The molecule has 12 nitrogen and oxygen atoms in total. The van der Waals surface area contributed by atoms with Crippen molar-refractivity contribution < 1.29 is 24.0 Å². The number of ether oxygens (including phenoxy) is 1. The number of hydrogen-bond donors (Lipinski definition) is 0. The minimum absolute atomic E-state index is 0.0200. The fourth-order valence-corrected chi connectivity index (χ4v) is 3.70. The summed E-state index contributed by atoms with van der Waals surface area (Å²) in [5.41, 5.74) is -0.619. The molecule has 1 aliphatic rings. The summed E-state index contributed by atoms with van der Waals surface area (Å²) < 4.78 is 6.18. The molecular formula is C21H26N6O6. The number of nitrogens with zero attached hydrogens (tertiary/aromatic N) is 6. The van der Waals surface area contributed by atoms with Crippen LogP contribution in [0.4, 0.5) is 5.69 Å². The van der Waals surface area contributed by atoms with Gasteiger partial charge in [0.05, 0.1) is 29.8 Å². The third-order valence-corrected chi connectivity index (χ3v) is 5.56. The van der Waals surface area contributed by atoms with E-state index in [-0.39, 0.29) is 36.7 Å². The molecule has 0 radical (unpaired) electrons. The number of para-hydroxylation sites is 1. The van der Waals surface area contributed by atoms with Crippen molar-refractivity contribution in [3.05, 3.63) is 51.3 Å². The molecule has 2 aromatic rings. The lowest BCUT2D eigenvalue weighted by Crippen LogP contribution is -2.30. The molecule has 1 unspecified atom stereocenters. The number of carbonyl (C=O) groups is 3. The molecule has 1 aromatic heterocycles. The van der Waals surface area contributed by atoms with Crippen LogP contribution in [0.1, 0.15) is 55.2 Å². The van der Waals surface area contributed by atoms with Crippen LogP contribution in [0.3, 0.4) is 0 Å². The molecule has 0 N–H and O–H groups in total. The van der Waals surface area contributed by atoms with Gasteiger partial charge in [-0.2, -0.15) is 0 Å². The highest BCUT2D eigenvalue weighted by atomic mass is 16.6. The summed E-state index contributed by atoms with van der Waals surface area (Å²) in [6, 6.07) is 4.31. The molecule has 12 heteroatoms. The standard InChI is InChI=1S/C21H26N6O6/c1-4-9-24(18(29)5-2)10-16-11-26(23-22-16)21(3)13-25(21)20(30)17-8-6-7-15(12-33-14-28)19(17)27(31)32/h6-8,11,14H,4-5,9-10,12-13H2,1-3H3. The van der Waals surface area contributed by atoms with E-state index >= 15 is 0 Å². The zero-order valence-corrected chi connectivity index (χ0v) is 18.8. The fourth-order valence-electron chi connectivity index (χ4n) is 3.70. The summed E-state index contributed by atoms with van der Waals surface area (Å²) in [5.74, 6) is -0.519. The third-order valence-electron chi connectivity index (χ3n) is 5.56. The number of aromatic nitrogens is 3. The Morgan fingerprint density at radius 2 is 2.12 bits per heavy atom.